The molecule has 0 radical (unpaired) electrons. The zero-order valence-corrected chi connectivity index (χ0v) is 21.2. The molecule has 4 nitrogen and oxygen atoms in total. The van der Waals surface area contributed by atoms with Crippen LogP contribution in [0.25, 0.3) is 21.9 Å². The van der Waals surface area contributed by atoms with Crippen LogP contribution in [0.15, 0.2) is 121 Å². The topological polar surface area (TPSA) is 57.6 Å². The van der Waals surface area contributed by atoms with E-state index in [2.05, 4.69) is 0 Å². The average Bonchev–Trinajstić information content (AvgIpc) is 2.95. The molecular weight excluding hydrogens is 470 g/mol. The predicted octanol–water partition coefficient (Wildman–Crippen LogP) is 7.15. The second-order valence-electron chi connectivity index (χ2n) is 9.56. The second kappa shape index (κ2) is 11.1. The summed E-state index contributed by atoms with van der Waals surface area (Å²) in [7, 11) is 0. The van der Waals surface area contributed by atoms with E-state index in [0.717, 1.165) is 38.6 Å². The summed E-state index contributed by atoms with van der Waals surface area (Å²) in [5.74, 6) is -1.33. The minimum Gasteiger partial charge on any atom is -0.480 e. The van der Waals surface area contributed by atoms with Crippen molar-refractivity contribution in [2.45, 2.75) is 25.9 Å². The Morgan fingerprint density at radius 3 is 2.05 bits per heavy atom. The van der Waals surface area contributed by atoms with Crippen molar-refractivity contribution in [3.8, 4) is 11.1 Å². The summed E-state index contributed by atoms with van der Waals surface area (Å²) in [6.07, 6.45) is 0.201. The maximum absolute atomic E-state index is 13.8. The number of aryl methyl sites for hydroxylation is 1. The van der Waals surface area contributed by atoms with Crippen LogP contribution in [0.3, 0.4) is 0 Å². The fourth-order valence-electron chi connectivity index (χ4n) is 4.82. The summed E-state index contributed by atoms with van der Waals surface area (Å²) in [4.78, 5) is 28.0. The summed E-state index contributed by atoms with van der Waals surface area (Å²) >= 11 is 0. The first-order chi connectivity index (χ1) is 18.5. The van der Waals surface area contributed by atoms with Crippen LogP contribution in [-0.2, 0) is 17.8 Å². The third-order valence-electron chi connectivity index (χ3n) is 6.93. The number of carboxylic acids is 1. The average molecular weight is 500 g/mol. The monoisotopic (exact) mass is 499 g/mol. The van der Waals surface area contributed by atoms with Crippen LogP contribution in [0.4, 0.5) is 0 Å². The fourth-order valence-corrected chi connectivity index (χ4v) is 4.82. The second-order valence-corrected chi connectivity index (χ2v) is 9.56. The van der Waals surface area contributed by atoms with Crippen LogP contribution in [0.2, 0.25) is 0 Å². The van der Waals surface area contributed by atoms with Gasteiger partial charge in [0.2, 0.25) is 0 Å². The first-order valence-electron chi connectivity index (χ1n) is 12.7. The molecule has 5 aromatic carbocycles. The van der Waals surface area contributed by atoms with Gasteiger partial charge in [-0.3, -0.25) is 4.79 Å². The van der Waals surface area contributed by atoms with Crippen molar-refractivity contribution in [3.63, 3.8) is 0 Å². The Labute approximate surface area is 222 Å². The molecule has 0 unspecified atom stereocenters. The zero-order chi connectivity index (χ0) is 26.5. The Morgan fingerprint density at radius 2 is 1.34 bits per heavy atom. The van der Waals surface area contributed by atoms with Gasteiger partial charge in [0.05, 0.1) is 0 Å². The Bertz CT molecular complexity index is 1550. The Morgan fingerprint density at radius 1 is 0.711 bits per heavy atom. The van der Waals surface area contributed by atoms with Gasteiger partial charge in [-0.05, 0) is 52.1 Å². The van der Waals surface area contributed by atoms with Crippen molar-refractivity contribution < 1.29 is 14.7 Å². The molecule has 0 spiro atoms. The lowest BCUT2D eigenvalue weighted by Crippen LogP contribution is -2.46. The van der Waals surface area contributed by atoms with Gasteiger partial charge in [-0.2, -0.15) is 0 Å². The molecular formula is C34H29NO3. The molecule has 4 heteroatoms. The third-order valence-corrected chi connectivity index (χ3v) is 6.93. The zero-order valence-electron chi connectivity index (χ0n) is 21.2. The van der Waals surface area contributed by atoms with E-state index in [0.29, 0.717) is 5.56 Å². The number of carbonyl (C=O) groups excluding carboxylic acids is 1. The normalized spacial score (nSPS) is 11.7. The molecule has 38 heavy (non-hydrogen) atoms. The van der Waals surface area contributed by atoms with Crippen molar-refractivity contribution in [2.75, 3.05) is 0 Å². The number of hydrogen-bond donors (Lipinski definition) is 1. The van der Waals surface area contributed by atoms with Gasteiger partial charge in [0, 0.05) is 18.5 Å². The molecule has 5 rings (SSSR count). The molecule has 0 saturated carbocycles. The van der Waals surface area contributed by atoms with Crippen molar-refractivity contribution >= 4 is 22.6 Å². The standard InChI is InChI=1S/C34H29NO3/c1-24-14-18-29(19-15-24)33(36)35(23-30-12-7-11-28-10-5-6-13-31(28)30)32(34(37)38)22-25-16-20-27(21-17-25)26-8-3-2-4-9-26/h2-21,32H,22-23H2,1H3,(H,37,38)/t32-/m0/s1. The number of fused-ring (bicyclic) bond motifs is 1. The molecule has 0 saturated heterocycles. The van der Waals surface area contributed by atoms with Crippen LogP contribution < -0.4 is 0 Å². The summed E-state index contributed by atoms with van der Waals surface area (Å²) in [5, 5.41) is 12.4. The number of carbonyl (C=O) groups is 2. The molecule has 188 valence electrons. The molecule has 0 aliphatic carbocycles. The van der Waals surface area contributed by atoms with E-state index in [-0.39, 0.29) is 18.9 Å². The number of benzene rings is 5. The number of amides is 1. The van der Waals surface area contributed by atoms with Gasteiger partial charge in [0.25, 0.3) is 5.91 Å². The minimum atomic E-state index is -1.04. The smallest absolute Gasteiger partial charge is 0.326 e. The number of aliphatic carboxylic acids is 1. The fraction of sp³-hybridized carbons (Fsp3) is 0.118. The number of hydrogen-bond acceptors (Lipinski definition) is 2. The van der Waals surface area contributed by atoms with E-state index >= 15 is 0 Å². The molecule has 0 aliphatic heterocycles. The van der Waals surface area contributed by atoms with Crippen LogP contribution in [0.5, 0.6) is 0 Å². The first-order valence-corrected chi connectivity index (χ1v) is 12.7. The van der Waals surface area contributed by atoms with Gasteiger partial charge < -0.3 is 10.0 Å². The lowest BCUT2D eigenvalue weighted by atomic mass is 9.98. The first kappa shape index (κ1) is 25.0. The summed E-state index contributed by atoms with van der Waals surface area (Å²) in [6.45, 7) is 2.15. The van der Waals surface area contributed by atoms with Gasteiger partial charge in [-0.1, -0.05) is 115 Å². The maximum Gasteiger partial charge on any atom is 0.326 e. The predicted molar refractivity (Wildman–Crippen MR) is 152 cm³/mol. The number of carboxylic acid groups (broad SMARTS) is 1. The molecule has 0 fully saturated rings. The molecule has 1 amide bonds. The minimum absolute atomic E-state index is 0.188. The molecule has 1 atom stereocenters. The van der Waals surface area contributed by atoms with E-state index < -0.39 is 12.0 Å². The van der Waals surface area contributed by atoms with Crippen LogP contribution in [0.1, 0.15) is 27.0 Å². The van der Waals surface area contributed by atoms with Crippen molar-refractivity contribution in [1.82, 2.24) is 4.90 Å². The van der Waals surface area contributed by atoms with Gasteiger partial charge in [-0.15, -0.1) is 0 Å². The quantitative estimate of drug-likeness (QED) is 0.247. The van der Waals surface area contributed by atoms with Gasteiger partial charge >= 0.3 is 5.97 Å². The van der Waals surface area contributed by atoms with E-state index in [1.165, 1.54) is 4.90 Å². The van der Waals surface area contributed by atoms with Gasteiger partial charge in [-0.25, -0.2) is 4.79 Å². The van der Waals surface area contributed by atoms with E-state index in [1.807, 2.05) is 116 Å². The van der Waals surface area contributed by atoms with E-state index in [9.17, 15) is 14.7 Å². The highest BCUT2D eigenvalue weighted by molar-refractivity contribution is 5.97. The summed E-state index contributed by atoms with van der Waals surface area (Å²) in [5.41, 5.74) is 5.44. The molecule has 0 heterocycles. The van der Waals surface area contributed by atoms with Crippen LogP contribution in [0, 0.1) is 6.92 Å². The maximum atomic E-state index is 13.8. The molecule has 0 aliphatic rings. The van der Waals surface area contributed by atoms with Crippen LogP contribution >= 0.6 is 0 Å². The Kier molecular flexibility index (Phi) is 7.32. The lowest BCUT2D eigenvalue weighted by molar-refractivity contribution is -0.142. The van der Waals surface area contributed by atoms with Crippen molar-refractivity contribution in [2.24, 2.45) is 0 Å². The summed E-state index contributed by atoms with van der Waals surface area (Å²) in [6, 6.07) is 38.1. The van der Waals surface area contributed by atoms with Crippen molar-refractivity contribution in [3.05, 3.63) is 144 Å². The molecule has 0 aromatic heterocycles. The highest BCUT2D eigenvalue weighted by atomic mass is 16.4. The van der Waals surface area contributed by atoms with Crippen molar-refractivity contribution in [1.29, 1.82) is 0 Å². The lowest BCUT2D eigenvalue weighted by Gasteiger charge is -2.30. The SMILES string of the molecule is Cc1ccc(C(=O)N(Cc2cccc3ccccc23)[C@@H](Cc2ccc(-c3ccccc3)cc2)C(=O)O)cc1. The Hall–Kier alpha value is -4.70. The molecule has 0 bridgehead atoms. The van der Waals surface area contributed by atoms with Gasteiger partial charge in [0.1, 0.15) is 6.04 Å². The van der Waals surface area contributed by atoms with Crippen LogP contribution in [-0.4, -0.2) is 27.9 Å². The molecule has 5 aromatic rings. The summed E-state index contributed by atoms with van der Waals surface area (Å²) < 4.78 is 0. The molecule has 1 N–H and O–H groups in total. The third kappa shape index (κ3) is 5.50. The Balaban J connectivity index is 1.50. The largest absolute Gasteiger partial charge is 0.480 e. The number of nitrogens with zero attached hydrogens (tertiary/aromatic N) is 1. The van der Waals surface area contributed by atoms with Gasteiger partial charge in [0.15, 0.2) is 0 Å². The highest BCUT2D eigenvalue weighted by Crippen LogP contribution is 2.25. The van der Waals surface area contributed by atoms with E-state index in [4.69, 9.17) is 0 Å². The highest BCUT2D eigenvalue weighted by Gasteiger charge is 2.31. The number of rotatable bonds is 8. The van der Waals surface area contributed by atoms with E-state index in [1.54, 1.807) is 12.1 Å².